The molecule has 1 aromatic rings. The first-order valence-corrected chi connectivity index (χ1v) is 6.69. The minimum atomic E-state index is -0.0639. The summed E-state index contributed by atoms with van der Waals surface area (Å²) in [5.74, 6) is 1.88. The molecule has 1 saturated heterocycles. The van der Waals surface area contributed by atoms with Crippen molar-refractivity contribution in [1.82, 2.24) is 0 Å². The Morgan fingerprint density at radius 1 is 1.11 bits per heavy atom. The maximum atomic E-state index is 6.21. The highest BCUT2D eigenvalue weighted by Gasteiger charge is 2.27. The van der Waals surface area contributed by atoms with Gasteiger partial charge in [-0.25, -0.2) is 0 Å². The Labute approximate surface area is 118 Å². The average Bonchev–Trinajstić information content (AvgIpc) is 2.45. The van der Waals surface area contributed by atoms with Crippen molar-refractivity contribution >= 4 is 11.6 Å². The van der Waals surface area contributed by atoms with Crippen molar-refractivity contribution in [2.75, 3.05) is 27.9 Å². The minimum absolute atomic E-state index is 0.0639. The van der Waals surface area contributed by atoms with Gasteiger partial charge in [0.05, 0.1) is 27.4 Å². The molecule has 19 heavy (non-hydrogen) atoms. The molecule has 2 unspecified atom stereocenters. The van der Waals surface area contributed by atoms with Crippen LogP contribution in [0.4, 0.5) is 0 Å². The first kappa shape index (κ1) is 14.3. The number of hydrogen-bond donors (Lipinski definition) is 0. The Kier molecular flexibility index (Phi) is 4.77. The third kappa shape index (κ3) is 2.90. The van der Waals surface area contributed by atoms with Crippen molar-refractivity contribution in [2.45, 2.75) is 24.3 Å². The third-order valence-electron chi connectivity index (χ3n) is 3.30. The molecule has 0 aliphatic carbocycles. The zero-order chi connectivity index (χ0) is 13.8. The molecule has 0 radical (unpaired) electrons. The molecule has 0 saturated carbocycles. The summed E-state index contributed by atoms with van der Waals surface area (Å²) in [4.78, 5) is 0. The van der Waals surface area contributed by atoms with Gasteiger partial charge in [0.25, 0.3) is 0 Å². The topological polar surface area (TPSA) is 36.9 Å². The highest BCUT2D eigenvalue weighted by atomic mass is 35.5. The molecule has 1 fully saturated rings. The molecule has 1 aromatic carbocycles. The van der Waals surface area contributed by atoms with Gasteiger partial charge in [-0.1, -0.05) is 0 Å². The van der Waals surface area contributed by atoms with Gasteiger partial charge in [-0.05, 0) is 25.0 Å². The van der Waals surface area contributed by atoms with Crippen LogP contribution in [0.2, 0.25) is 0 Å². The quantitative estimate of drug-likeness (QED) is 0.797. The van der Waals surface area contributed by atoms with E-state index in [1.165, 1.54) is 0 Å². The molecule has 2 atom stereocenters. The summed E-state index contributed by atoms with van der Waals surface area (Å²) >= 11 is 6.21. The molecule has 0 amide bonds. The van der Waals surface area contributed by atoms with Gasteiger partial charge in [-0.3, -0.25) is 0 Å². The van der Waals surface area contributed by atoms with Gasteiger partial charge >= 0.3 is 0 Å². The van der Waals surface area contributed by atoms with E-state index in [4.69, 9.17) is 30.5 Å². The second kappa shape index (κ2) is 6.35. The molecule has 1 aliphatic heterocycles. The third-order valence-corrected chi connectivity index (χ3v) is 3.70. The Hall–Kier alpha value is -1.13. The van der Waals surface area contributed by atoms with E-state index < -0.39 is 0 Å². The van der Waals surface area contributed by atoms with Crippen molar-refractivity contribution < 1.29 is 18.9 Å². The fourth-order valence-corrected chi connectivity index (χ4v) is 2.60. The summed E-state index contributed by atoms with van der Waals surface area (Å²) in [5.41, 5.74) is 0.950. The van der Waals surface area contributed by atoms with Gasteiger partial charge in [0.15, 0.2) is 11.5 Å². The van der Waals surface area contributed by atoms with E-state index in [1.54, 1.807) is 21.3 Å². The smallest absolute Gasteiger partial charge is 0.203 e. The lowest BCUT2D eigenvalue weighted by Gasteiger charge is -2.28. The first-order valence-electron chi connectivity index (χ1n) is 6.25. The number of halogens is 1. The van der Waals surface area contributed by atoms with E-state index in [9.17, 15) is 0 Å². The SMILES string of the molecule is COc1ccc(C2CC(Cl)CCO2)c(OC)c1OC. The van der Waals surface area contributed by atoms with Crippen molar-refractivity contribution in [3.05, 3.63) is 17.7 Å². The maximum absolute atomic E-state index is 6.21. The number of hydrogen-bond acceptors (Lipinski definition) is 4. The largest absolute Gasteiger partial charge is 0.493 e. The average molecular weight is 287 g/mol. The minimum Gasteiger partial charge on any atom is -0.493 e. The highest BCUT2D eigenvalue weighted by Crippen LogP contribution is 2.45. The normalized spacial score (nSPS) is 22.9. The summed E-state index contributed by atoms with van der Waals surface area (Å²) in [5, 5.41) is 0.136. The van der Waals surface area contributed by atoms with Crippen LogP contribution in [0.3, 0.4) is 0 Å². The van der Waals surface area contributed by atoms with E-state index >= 15 is 0 Å². The molecule has 5 heteroatoms. The molecular formula is C14H19ClO4. The number of alkyl halides is 1. The Morgan fingerprint density at radius 2 is 1.84 bits per heavy atom. The predicted octanol–water partition coefficient (Wildman–Crippen LogP) is 3.17. The van der Waals surface area contributed by atoms with Crippen molar-refractivity contribution in [1.29, 1.82) is 0 Å². The summed E-state index contributed by atoms with van der Waals surface area (Å²) in [7, 11) is 4.81. The van der Waals surface area contributed by atoms with Crippen LogP contribution in [-0.2, 0) is 4.74 Å². The summed E-state index contributed by atoms with van der Waals surface area (Å²) in [6.07, 6.45) is 1.59. The lowest BCUT2D eigenvalue weighted by molar-refractivity contribution is 0.0153. The molecule has 2 rings (SSSR count). The molecule has 4 nitrogen and oxygen atoms in total. The Bertz CT molecular complexity index is 436. The first-order chi connectivity index (χ1) is 9.21. The molecule has 0 bridgehead atoms. The van der Waals surface area contributed by atoms with Crippen LogP contribution in [0.25, 0.3) is 0 Å². The molecule has 0 aromatic heterocycles. The molecule has 106 valence electrons. The van der Waals surface area contributed by atoms with E-state index in [-0.39, 0.29) is 11.5 Å². The Morgan fingerprint density at radius 3 is 2.42 bits per heavy atom. The molecule has 0 N–H and O–H groups in total. The number of methoxy groups -OCH3 is 3. The molecule has 1 aliphatic rings. The van der Waals surface area contributed by atoms with E-state index in [2.05, 4.69) is 0 Å². The van der Waals surface area contributed by atoms with E-state index in [0.29, 0.717) is 23.9 Å². The van der Waals surface area contributed by atoms with Crippen molar-refractivity contribution in [3.8, 4) is 17.2 Å². The fraction of sp³-hybridized carbons (Fsp3) is 0.571. The molecular weight excluding hydrogens is 268 g/mol. The van der Waals surface area contributed by atoms with Gasteiger partial charge in [0.1, 0.15) is 0 Å². The Balaban J connectivity index is 2.39. The fourth-order valence-electron chi connectivity index (χ4n) is 2.35. The van der Waals surface area contributed by atoms with Gasteiger partial charge < -0.3 is 18.9 Å². The van der Waals surface area contributed by atoms with Crippen LogP contribution < -0.4 is 14.2 Å². The number of ether oxygens (including phenoxy) is 4. The monoisotopic (exact) mass is 286 g/mol. The van der Waals surface area contributed by atoms with Crippen LogP contribution in [0.1, 0.15) is 24.5 Å². The van der Waals surface area contributed by atoms with Crippen molar-refractivity contribution in [2.24, 2.45) is 0 Å². The zero-order valence-corrected chi connectivity index (χ0v) is 12.2. The van der Waals surface area contributed by atoms with E-state index in [1.807, 2.05) is 12.1 Å². The standard InChI is InChI=1S/C14H19ClO4/c1-16-11-5-4-10(13(17-2)14(11)18-3)12-8-9(15)6-7-19-12/h4-5,9,12H,6-8H2,1-3H3. The van der Waals surface area contributed by atoms with Gasteiger partial charge in [-0.15, -0.1) is 11.6 Å². The molecule has 1 heterocycles. The summed E-state index contributed by atoms with van der Waals surface area (Å²) in [6.45, 7) is 0.663. The predicted molar refractivity (Wildman–Crippen MR) is 73.7 cm³/mol. The second-order valence-corrected chi connectivity index (χ2v) is 5.02. The lowest BCUT2D eigenvalue weighted by atomic mass is 9.99. The van der Waals surface area contributed by atoms with Crippen LogP contribution >= 0.6 is 11.6 Å². The summed E-state index contributed by atoms with van der Waals surface area (Å²) < 4.78 is 21.9. The van der Waals surface area contributed by atoms with Gasteiger partial charge in [0.2, 0.25) is 5.75 Å². The lowest BCUT2D eigenvalue weighted by Crippen LogP contribution is -2.20. The van der Waals surface area contributed by atoms with Crippen LogP contribution in [-0.4, -0.2) is 33.3 Å². The molecule has 0 spiro atoms. The highest BCUT2D eigenvalue weighted by molar-refractivity contribution is 6.20. The van der Waals surface area contributed by atoms with E-state index in [0.717, 1.165) is 18.4 Å². The maximum Gasteiger partial charge on any atom is 0.203 e. The van der Waals surface area contributed by atoms with Gasteiger partial charge in [-0.2, -0.15) is 0 Å². The van der Waals surface area contributed by atoms with Crippen LogP contribution in [0, 0.1) is 0 Å². The summed E-state index contributed by atoms with van der Waals surface area (Å²) in [6, 6.07) is 3.80. The van der Waals surface area contributed by atoms with Crippen LogP contribution in [0.5, 0.6) is 17.2 Å². The van der Waals surface area contributed by atoms with Gasteiger partial charge in [0, 0.05) is 17.5 Å². The second-order valence-electron chi connectivity index (χ2n) is 4.40. The van der Waals surface area contributed by atoms with Crippen molar-refractivity contribution in [3.63, 3.8) is 0 Å². The zero-order valence-electron chi connectivity index (χ0n) is 11.4. The number of rotatable bonds is 4. The number of benzene rings is 1. The van der Waals surface area contributed by atoms with Crippen LogP contribution in [0.15, 0.2) is 12.1 Å².